The van der Waals surface area contributed by atoms with Gasteiger partial charge in [0.15, 0.2) is 34.5 Å². The van der Waals surface area contributed by atoms with Crippen LogP contribution >= 0.6 is 0 Å². The van der Waals surface area contributed by atoms with E-state index in [9.17, 15) is 19.8 Å². The van der Waals surface area contributed by atoms with Gasteiger partial charge in [-0.15, -0.1) is 0 Å². The zero-order chi connectivity index (χ0) is 33.9. The summed E-state index contributed by atoms with van der Waals surface area (Å²) in [6.07, 6.45) is 9.55. The maximum atomic E-state index is 13.1. The lowest BCUT2D eigenvalue weighted by Gasteiger charge is -2.53. The molecule has 4 atom stereocenters. The molecular formula is C38H40N2O8. The van der Waals surface area contributed by atoms with Gasteiger partial charge < -0.3 is 29.2 Å². The van der Waals surface area contributed by atoms with Gasteiger partial charge in [-0.2, -0.15) is 0 Å². The monoisotopic (exact) mass is 652 g/mol. The lowest BCUT2D eigenvalue weighted by Crippen LogP contribution is -2.55. The third-order valence-electron chi connectivity index (χ3n) is 11.9. The second kappa shape index (κ2) is 10.5. The molecule has 2 fully saturated rings. The molecular weight excluding hydrogens is 612 g/mol. The molecule has 2 aromatic rings. The fourth-order valence-corrected chi connectivity index (χ4v) is 9.62. The number of nitrogens with zero attached hydrogens (tertiary/aromatic N) is 2. The minimum atomic E-state index is -0.774. The summed E-state index contributed by atoms with van der Waals surface area (Å²) in [5.41, 5.74) is 5.40. The van der Waals surface area contributed by atoms with Crippen LogP contribution < -0.4 is 9.47 Å². The molecule has 0 radical (unpaired) electrons. The van der Waals surface area contributed by atoms with Crippen molar-refractivity contribution in [2.75, 3.05) is 55.6 Å². The molecule has 2 N–H and O–H groups in total. The highest BCUT2D eigenvalue weighted by Gasteiger charge is 2.55. The summed E-state index contributed by atoms with van der Waals surface area (Å²) in [5, 5.41) is 23.9. The Morgan fingerprint density at radius 1 is 0.667 bits per heavy atom. The van der Waals surface area contributed by atoms with Crippen LogP contribution in [0.2, 0.25) is 0 Å². The van der Waals surface area contributed by atoms with E-state index in [1.54, 1.807) is 26.4 Å². The summed E-state index contributed by atoms with van der Waals surface area (Å²) in [7, 11) is 10.2. The number of phenols is 2. The number of ether oxygens (including phenoxy) is 4. The third-order valence-corrected chi connectivity index (χ3v) is 11.9. The van der Waals surface area contributed by atoms with Crippen molar-refractivity contribution in [2.45, 2.75) is 48.6 Å². The van der Waals surface area contributed by atoms with Crippen molar-refractivity contribution in [2.24, 2.45) is 0 Å². The third kappa shape index (κ3) is 3.81. The van der Waals surface area contributed by atoms with Gasteiger partial charge in [0, 0.05) is 34.0 Å². The Balaban J connectivity index is 1.47. The Labute approximate surface area is 279 Å². The highest BCUT2D eigenvalue weighted by molar-refractivity contribution is 6.06. The van der Waals surface area contributed by atoms with Crippen LogP contribution in [0, 0.1) is 0 Å². The normalized spacial score (nSPS) is 28.9. The molecule has 2 aromatic carbocycles. The number of carbonyl (C=O) groups is 2. The number of hydrogen-bond donors (Lipinski definition) is 2. The zero-order valence-corrected chi connectivity index (χ0v) is 28.1. The van der Waals surface area contributed by atoms with Crippen LogP contribution in [0.1, 0.15) is 35.1 Å². The molecule has 0 spiro atoms. The SMILES string of the molecule is COC1=C[C@@]23CCN(C)[C@@H](Cc4c(-c5cc(OC)c(O)c6c5C[C@H]5C7=CC(=O)C(OC)=C[C@]76CCN5C)cc(OC)c(O)c42)C3=CC1=O. The highest BCUT2D eigenvalue weighted by Crippen LogP contribution is 2.61. The quantitative estimate of drug-likeness (QED) is 0.493. The van der Waals surface area contributed by atoms with Crippen LogP contribution in [0.5, 0.6) is 23.0 Å². The summed E-state index contributed by atoms with van der Waals surface area (Å²) < 4.78 is 22.9. The van der Waals surface area contributed by atoms with E-state index in [0.29, 0.717) is 48.3 Å². The molecule has 0 saturated carbocycles. The second-order valence-corrected chi connectivity index (χ2v) is 13.9. The minimum Gasteiger partial charge on any atom is -0.504 e. The summed E-state index contributed by atoms with van der Waals surface area (Å²) in [5.74, 6) is 0.871. The molecule has 10 nitrogen and oxygen atoms in total. The maximum absolute atomic E-state index is 13.1. The van der Waals surface area contributed by atoms with Gasteiger partial charge in [0.25, 0.3) is 0 Å². The summed E-state index contributed by atoms with van der Waals surface area (Å²) >= 11 is 0. The Kier molecular flexibility index (Phi) is 6.72. The molecule has 2 saturated heterocycles. The van der Waals surface area contributed by atoms with Crippen LogP contribution in [0.25, 0.3) is 11.1 Å². The van der Waals surface area contributed by atoms with Crippen LogP contribution in [0.4, 0.5) is 0 Å². The van der Waals surface area contributed by atoms with Crippen LogP contribution in [-0.4, -0.2) is 99.3 Å². The van der Waals surface area contributed by atoms with E-state index in [-0.39, 0.29) is 46.7 Å². The van der Waals surface area contributed by atoms with E-state index in [1.165, 1.54) is 14.2 Å². The van der Waals surface area contributed by atoms with Gasteiger partial charge in [-0.05, 0) is 123 Å². The van der Waals surface area contributed by atoms with E-state index in [2.05, 4.69) is 23.9 Å². The maximum Gasteiger partial charge on any atom is 0.220 e. The lowest BCUT2D eigenvalue weighted by molar-refractivity contribution is -0.115. The van der Waals surface area contributed by atoms with Gasteiger partial charge in [-0.3, -0.25) is 19.4 Å². The van der Waals surface area contributed by atoms with Crippen molar-refractivity contribution in [1.29, 1.82) is 0 Å². The number of likely N-dealkylation sites (N-methyl/N-ethyl adjacent to an activating group) is 2. The number of ketones is 2. The van der Waals surface area contributed by atoms with Crippen molar-refractivity contribution in [3.05, 3.63) is 81.4 Å². The highest BCUT2D eigenvalue weighted by atomic mass is 16.5. The van der Waals surface area contributed by atoms with Crippen LogP contribution in [0.15, 0.2) is 59.1 Å². The Hall–Kier alpha value is -4.54. The predicted molar refractivity (Wildman–Crippen MR) is 178 cm³/mol. The Morgan fingerprint density at radius 2 is 1.06 bits per heavy atom. The van der Waals surface area contributed by atoms with Crippen molar-refractivity contribution < 1.29 is 38.7 Å². The lowest BCUT2D eigenvalue weighted by atomic mass is 9.56. The fourth-order valence-electron chi connectivity index (χ4n) is 9.62. The number of carbonyl (C=O) groups excluding carboxylic acids is 2. The summed E-state index contributed by atoms with van der Waals surface area (Å²) in [6.45, 7) is 1.52. The van der Waals surface area contributed by atoms with Crippen LogP contribution in [0.3, 0.4) is 0 Å². The molecule has 0 aromatic heterocycles. The first-order valence-corrected chi connectivity index (χ1v) is 16.4. The first-order chi connectivity index (χ1) is 23.0. The van der Waals surface area contributed by atoms with Gasteiger partial charge in [0.1, 0.15) is 0 Å². The molecule has 8 rings (SSSR count). The molecule has 10 heteroatoms. The van der Waals surface area contributed by atoms with E-state index in [0.717, 1.165) is 46.5 Å². The molecule has 48 heavy (non-hydrogen) atoms. The number of benzene rings is 2. The van der Waals surface area contributed by atoms with Crippen molar-refractivity contribution in [1.82, 2.24) is 9.80 Å². The first-order valence-electron chi connectivity index (χ1n) is 16.4. The summed E-state index contributed by atoms with van der Waals surface area (Å²) in [4.78, 5) is 30.8. The molecule has 2 aliphatic heterocycles. The first kappa shape index (κ1) is 30.8. The molecule has 2 heterocycles. The predicted octanol–water partition coefficient (Wildman–Crippen LogP) is 3.86. The standard InChI is InChI=1S/C38H40N2O8/c1-39-9-7-37-17-31(47-5)27(41)15-23(37)25(39)11-21-19(13-29(45-3)35(43)33(21)37)20-14-30(46-4)36(44)34-22(20)12-26-24-16-28(42)32(48-6)18-38(24,34)8-10-40(26)2/h13-18,25-26,43-44H,7-12H2,1-6H3/t25-,26-,37+,38+/m0/s1. The second-order valence-electron chi connectivity index (χ2n) is 13.9. The molecule has 0 unspecified atom stereocenters. The average Bonchev–Trinajstić information content (AvgIpc) is 3.07. The van der Waals surface area contributed by atoms with E-state index in [4.69, 9.17) is 18.9 Å². The number of aromatic hydroxyl groups is 2. The Morgan fingerprint density at radius 3 is 1.42 bits per heavy atom. The number of rotatable bonds is 5. The van der Waals surface area contributed by atoms with E-state index in [1.807, 2.05) is 24.3 Å². The number of methoxy groups -OCH3 is 4. The number of phenolic OH excluding ortho intramolecular Hbond substituents is 2. The van der Waals surface area contributed by atoms with Crippen molar-refractivity contribution in [3.8, 4) is 34.1 Å². The number of hydrogen-bond acceptors (Lipinski definition) is 10. The van der Waals surface area contributed by atoms with Gasteiger partial charge in [-0.1, -0.05) is 0 Å². The molecule has 6 aliphatic rings. The molecule has 4 aliphatic carbocycles. The molecule has 4 bridgehead atoms. The molecule has 0 amide bonds. The minimum absolute atomic E-state index is 0.0460. The fraction of sp³-hybridized carbons (Fsp3) is 0.421. The average molecular weight is 653 g/mol. The van der Waals surface area contributed by atoms with Crippen LogP contribution in [-0.2, 0) is 42.7 Å². The summed E-state index contributed by atoms with van der Waals surface area (Å²) in [6, 6.07) is 3.61. The van der Waals surface area contributed by atoms with E-state index < -0.39 is 10.8 Å². The number of allylic oxidation sites excluding steroid dienone is 4. The molecule has 250 valence electrons. The number of piperidine rings is 2. The van der Waals surface area contributed by atoms with E-state index >= 15 is 0 Å². The topological polar surface area (TPSA) is 118 Å². The van der Waals surface area contributed by atoms with Gasteiger partial charge in [-0.25, -0.2) is 0 Å². The van der Waals surface area contributed by atoms with Gasteiger partial charge in [0.2, 0.25) is 11.6 Å². The van der Waals surface area contributed by atoms with Gasteiger partial charge >= 0.3 is 0 Å². The smallest absolute Gasteiger partial charge is 0.220 e. The Bertz CT molecular complexity index is 1820. The zero-order valence-electron chi connectivity index (χ0n) is 28.1. The van der Waals surface area contributed by atoms with Gasteiger partial charge in [0.05, 0.1) is 28.4 Å². The number of fused-ring (bicyclic) bond motifs is 2. The number of likely N-dealkylation sites (tertiary alicyclic amines) is 2. The van der Waals surface area contributed by atoms with Crippen molar-refractivity contribution >= 4 is 11.6 Å². The van der Waals surface area contributed by atoms with Crippen molar-refractivity contribution in [3.63, 3.8) is 0 Å². The largest absolute Gasteiger partial charge is 0.504 e.